The largest absolute Gasteiger partial charge is 0.380 e. The molecule has 0 fully saturated rings. The number of hydrogen-bond acceptors (Lipinski definition) is 2. The predicted molar refractivity (Wildman–Crippen MR) is 75.4 cm³/mol. The van der Waals surface area contributed by atoms with Crippen LogP contribution < -0.4 is 5.32 Å². The Morgan fingerprint density at radius 3 is 2.45 bits per heavy atom. The van der Waals surface area contributed by atoms with Gasteiger partial charge in [-0.25, -0.2) is 8.78 Å². The van der Waals surface area contributed by atoms with E-state index in [2.05, 4.69) is 10.3 Å². The highest BCUT2D eigenvalue weighted by Gasteiger charge is 2.11. The number of anilines is 1. The highest BCUT2D eigenvalue weighted by Crippen LogP contribution is 2.26. The summed E-state index contributed by atoms with van der Waals surface area (Å²) in [6.07, 6.45) is 1.47. The molecule has 100 valence electrons. The van der Waals surface area contributed by atoms with Crippen LogP contribution in [-0.2, 0) is 6.54 Å². The summed E-state index contributed by atoms with van der Waals surface area (Å²) in [7, 11) is 0. The van der Waals surface area contributed by atoms with Gasteiger partial charge in [0.1, 0.15) is 17.2 Å². The van der Waals surface area contributed by atoms with Crippen LogP contribution in [0.15, 0.2) is 54.7 Å². The maximum absolute atomic E-state index is 13.9. The van der Waals surface area contributed by atoms with E-state index in [0.29, 0.717) is 12.2 Å². The van der Waals surface area contributed by atoms with Crippen LogP contribution in [0.25, 0.3) is 10.9 Å². The number of aromatic nitrogens is 1. The Hall–Kier alpha value is -2.49. The van der Waals surface area contributed by atoms with Crippen LogP contribution in [0.5, 0.6) is 0 Å². The maximum Gasteiger partial charge on any atom is 0.149 e. The molecule has 2 nitrogen and oxygen atoms in total. The molecule has 3 rings (SSSR count). The first-order chi connectivity index (χ1) is 9.75. The maximum atomic E-state index is 13.9. The molecule has 0 radical (unpaired) electrons. The van der Waals surface area contributed by atoms with E-state index < -0.39 is 11.6 Å². The molecule has 3 aromatic rings. The van der Waals surface area contributed by atoms with Crippen LogP contribution in [-0.4, -0.2) is 4.98 Å². The fourth-order valence-corrected chi connectivity index (χ4v) is 2.13. The van der Waals surface area contributed by atoms with Gasteiger partial charge in [-0.15, -0.1) is 0 Å². The van der Waals surface area contributed by atoms with Crippen molar-refractivity contribution in [1.82, 2.24) is 4.98 Å². The minimum Gasteiger partial charge on any atom is -0.380 e. The van der Waals surface area contributed by atoms with Crippen molar-refractivity contribution >= 4 is 16.6 Å². The first kappa shape index (κ1) is 12.5. The molecule has 0 aliphatic rings. The number of halogens is 2. The molecule has 0 spiro atoms. The topological polar surface area (TPSA) is 24.9 Å². The zero-order valence-electron chi connectivity index (χ0n) is 10.6. The van der Waals surface area contributed by atoms with Gasteiger partial charge in [-0.3, -0.25) is 4.98 Å². The number of hydrogen-bond donors (Lipinski definition) is 1. The first-order valence-electron chi connectivity index (χ1n) is 6.26. The smallest absolute Gasteiger partial charge is 0.149 e. The molecule has 0 aliphatic carbocycles. The third kappa shape index (κ3) is 2.32. The lowest BCUT2D eigenvalue weighted by atomic mass is 10.1. The highest BCUT2D eigenvalue weighted by molar-refractivity contribution is 5.91. The average molecular weight is 270 g/mol. The fourth-order valence-electron chi connectivity index (χ4n) is 2.13. The minimum absolute atomic E-state index is 0.0445. The van der Waals surface area contributed by atoms with E-state index in [-0.39, 0.29) is 10.9 Å². The Kier molecular flexibility index (Phi) is 3.29. The van der Waals surface area contributed by atoms with Crippen LogP contribution in [0.4, 0.5) is 14.5 Å². The van der Waals surface area contributed by atoms with Crippen molar-refractivity contribution in [2.24, 2.45) is 0 Å². The van der Waals surface area contributed by atoms with Gasteiger partial charge in [0, 0.05) is 18.4 Å². The SMILES string of the molecule is Fc1ccc(F)c2c(NCc3ccccc3)ccnc12. The van der Waals surface area contributed by atoms with Crippen molar-refractivity contribution in [2.75, 3.05) is 5.32 Å². The van der Waals surface area contributed by atoms with Gasteiger partial charge in [0.05, 0.1) is 5.39 Å². The fraction of sp³-hybridized carbons (Fsp3) is 0.0625. The first-order valence-corrected chi connectivity index (χ1v) is 6.26. The van der Waals surface area contributed by atoms with Crippen LogP contribution in [0.3, 0.4) is 0 Å². The Labute approximate surface area is 115 Å². The summed E-state index contributed by atoms with van der Waals surface area (Å²) in [5, 5.41) is 3.31. The third-order valence-electron chi connectivity index (χ3n) is 3.12. The highest BCUT2D eigenvalue weighted by atomic mass is 19.1. The zero-order chi connectivity index (χ0) is 13.9. The van der Waals surface area contributed by atoms with Crippen molar-refractivity contribution in [3.8, 4) is 0 Å². The molecule has 2 aromatic carbocycles. The molecule has 0 amide bonds. The second-order valence-corrected chi connectivity index (χ2v) is 4.45. The van der Waals surface area contributed by atoms with Gasteiger partial charge in [0.25, 0.3) is 0 Å². The van der Waals surface area contributed by atoms with Gasteiger partial charge in [-0.1, -0.05) is 30.3 Å². The van der Waals surface area contributed by atoms with Crippen LogP contribution >= 0.6 is 0 Å². The number of rotatable bonds is 3. The van der Waals surface area contributed by atoms with Crippen LogP contribution in [0.1, 0.15) is 5.56 Å². The predicted octanol–water partition coefficient (Wildman–Crippen LogP) is 4.13. The number of pyridine rings is 1. The molecule has 20 heavy (non-hydrogen) atoms. The molecule has 0 saturated heterocycles. The third-order valence-corrected chi connectivity index (χ3v) is 3.12. The van der Waals surface area contributed by atoms with E-state index in [1.165, 1.54) is 6.20 Å². The van der Waals surface area contributed by atoms with Gasteiger partial charge in [-0.05, 0) is 23.8 Å². The normalized spacial score (nSPS) is 10.7. The Balaban J connectivity index is 1.98. The summed E-state index contributed by atoms with van der Waals surface area (Å²) in [6.45, 7) is 0.538. The van der Waals surface area contributed by atoms with E-state index in [1.807, 2.05) is 30.3 Å². The molecule has 1 heterocycles. The summed E-state index contributed by atoms with van der Waals surface area (Å²) in [6, 6.07) is 13.6. The molecule has 0 bridgehead atoms. The molecule has 1 aromatic heterocycles. The van der Waals surface area contributed by atoms with Gasteiger partial charge < -0.3 is 5.32 Å². The lowest BCUT2D eigenvalue weighted by molar-refractivity contribution is 0.615. The average Bonchev–Trinajstić information content (AvgIpc) is 2.50. The summed E-state index contributed by atoms with van der Waals surface area (Å²) in [5.74, 6) is -1.00. The molecule has 0 atom stereocenters. The zero-order valence-corrected chi connectivity index (χ0v) is 10.6. The lowest BCUT2D eigenvalue weighted by Gasteiger charge is -2.10. The molecule has 0 saturated carbocycles. The molecule has 0 aliphatic heterocycles. The van der Waals surface area contributed by atoms with Crippen molar-refractivity contribution in [1.29, 1.82) is 0 Å². The van der Waals surface area contributed by atoms with E-state index in [4.69, 9.17) is 0 Å². The van der Waals surface area contributed by atoms with E-state index in [9.17, 15) is 8.78 Å². The molecule has 4 heteroatoms. The van der Waals surface area contributed by atoms with E-state index in [1.54, 1.807) is 6.07 Å². The van der Waals surface area contributed by atoms with E-state index in [0.717, 1.165) is 17.7 Å². The molecule has 1 N–H and O–H groups in total. The van der Waals surface area contributed by atoms with Crippen molar-refractivity contribution in [3.05, 3.63) is 71.9 Å². The summed E-state index contributed by atoms with van der Waals surface area (Å²) < 4.78 is 27.6. The summed E-state index contributed by atoms with van der Waals surface area (Å²) in [5.41, 5.74) is 1.65. The quantitative estimate of drug-likeness (QED) is 0.774. The molecular formula is C16H12F2N2. The lowest BCUT2D eigenvalue weighted by Crippen LogP contribution is -2.01. The van der Waals surface area contributed by atoms with Crippen LogP contribution in [0.2, 0.25) is 0 Å². The van der Waals surface area contributed by atoms with Gasteiger partial charge in [0.2, 0.25) is 0 Å². The van der Waals surface area contributed by atoms with Gasteiger partial charge >= 0.3 is 0 Å². The number of nitrogens with zero attached hydrogens (tertiary/aromatic N) is 1. The minimum atomic E-state index is -0.523. The monoisotopic (exact) mass is 270 g/mol. The second-order valence-electron chi connectivity index (χ2n) is 4.45. The summed E-state index contributed by atoms with van der Waals surface area (Å²) in [4.78, 5) is 3.90. The molecular weight excluding hydrogens is 258 g/mol. The van der Waals surface area contributed by atoms with Crippen molar-refractivity contribution in [3.63, 3.8) is 0 Å². The Morgan fingerprint density at radius 2 is 1.65 bits per heavy atom. The Bertz CT molecular complexity index is 742. The second kappa shape index (κ2) is 5.25. The van der Waals surface area contributed by atoms with Crippen molar-refractivity contribution < 1.29 is 8.78 Å². The van der Waals surface area contributed by atoms with Crippen molar-refractivity contribution in [2.45, 2.75) is 6.54 Å². The standard InChI is InChI=1S/C16H12F2N2/c17-12-6-7-13(18)16-15(12)14(8-9-19-16)20-10-11-4-2-1-3-5-11/h1-9H,10H2,(H,19,20). The summed E-state index contributed by atoms with van der Waals surface area (Å²) >= 11 is 0. The number of benzene rings is 2. The van der Waals surface area contributed by atoms with Crippen LogP contribution in [0, 0.1) is 11.6 Å². The number of fused-ring (bicyclic) bond motifs is 1. The van der Waals surface area contributed by atoms with E-state index >= 15 is 0 Å². The Morgan fingerprint density at radius 1 is 0.900 bits per heavy atom. The number of nitrogens with one attached hydrogen (secondary N) is 1. The van der Waals surface area contributed by atoms with Gasteiger partial charge in [0.15, 0.2) is 0 Å². The van der Waals surface area contributed by atoms with Gasteiger partial charge in [-0.2, -0.15) is 0 Å². The molecule has 0 unspecified atom stereocenters.